The molecule has 0 aromatic carbocycles. The van der Waals surface area contributed by atoms with Crippen molar-refractivity contribution in [1.29, 1.82) is 0 Å². The minimum absolute atomic E-state index is 0.155. The van der Waals surface area contributed by atoms with Crippen molar-refractivity contribution >= 4 is 12.4 Å². The van der Waals surface area contributed by atoms with Crippen molar-refractivity contribution in [3.05, 3.63) is 23.8 Å². The average Bonchev–Trinajstić information content (AvgIpc) is 2.91. The molecule has 0 fully saturated rings. The molecule has 0 amide bonds. The fraction of sp³-hybridized carbons (Fsp3) is 0.357. The van der Waals surface area contributed by atoms with Crippen LogP contribution in [-0.4, -0.2) is 54.6 Å². The number of carbonyl (C=O) groups is 2. The molecule has 0 aliphatic carbocycles. The maximum atomic E-state index is 11.0. The predicted octanol–water partition coefficient (Wildman–Crippen LogP) is 0.496. The lowest BCUT2D eigenvalue weighted by molar-refractivity contribution is -0.137. The van der Waals surface area contributed by atoms with Gasteiger partial charge in [-0.25, -0.2) is 9.67 Å². The van der Waals surface area contributed by atoms with Crippen LogP contribution >= 0.6 is 0 Å². The van der Waals surface area contributed by atoms with Gasteiger partial charge in [-0.3, -0.25) is 14.6 Å². The van der Waals surface area contributed by atoms with Gasteiger partial charge in [0, 0.05) is 5.69 Å². The van der Waals surface area contributed by atoms with E-state index in [0.717, 1.165) is 5.69 Å². The number of carboxylic acid groups (broad SMARTS) is 2. The molecule has 1 unspecified atom stereocenters. The summed E-state index contributed by atoms with van der Waals surface area (Å²) in [6.45, 7) is 2.70. The third-order valence-corrected chi connectivity index (χ3v) is 2.81. The molecule has 0 spiro atoms. The van der Waals surface area contributed by atoms with Crippen molar-refractivity contribution in [3.63, 3.8) is 0 Å². The van der Waals surface area contributed by atoms with Crippen LogP contribution < -0.4 is 4.74 Å². The van der Waals surface area contributed by atoms with E-state index in [1.54, 1.807) is 13.0 Å². The van der Waals surface area contributed by atoms with Crippen molar-refractivity contribution in [1.82, 2.24) is 19.7 Å². The van der Waals surface area contributed by atoms with Gasteiger partial charge in [-0.05, 0) is 19.9 Å². The van der Waals surface area contributed by atoms with E-state index >= 15 is 0 Å². The van der Waals surface area contributed by atoms with Crippen molar-refractivity contribution in [2.45, 2.75) is 26.5 Å². The van der Waals surface area contributed by atoms with Crippen LogP contribution in [0.15, 0.2) is 12.3 Å². The topological polar surface area (TPSA) is 148 Å². The molecule has 0 saturated heterocycles. The van der Waals surface area contributed by atoms with Crippen LogP contribution in [0.3, 0.4) is 0 Å². The van der Waals surface area contributed by atoms with Crippen molar-refractivity contribution in [2.75, 3.05) is 7.11 Å². The van der Waals surface area contributed by atoms with Crippen LogP contribution in [-0.2, 0) is 16.1 Å². The first-order chi connectivity index (χ1) is 11.3. The summed E-state index contributed by atoms with van der Waals surface area (Å²) in [6.07, 6.45) is 0.639. The standard InChI is InChI=1S/C13H16N4O4.CH2O2/c1-7-4-9(10(21-3)5-14-7)13-15-12(8(2)18)16-17(13)6-11(19)20;2-1-3/h4-5,8,18H,6H2,1-3H3,(H,19,20);1H,(H,2,3). The molecule has 10 nitrogen and oxygen atoms in total. The fourth-order valence-corrected chi connectivity index (χ4v) is 1.86. The summed E-state index contributed by atoms with van der Waals surface area (Å²) in [6, 6.07) is 1.73. The van der Waals surface area contributed by atoms with Gasteiger partial charge in [0.05, 0.1) is 18.9 Å². The number of hydrogen-bond donors (Lipinski definition) is 3. The van der Waals surface area contributed by atoms with Gasteiger partial charge in [0.15, 0.2) is 11.6 Å². The smallest absolute Gasteiger partial charge is 0.325 e. The van der Waals surface area contributed by atoms with E-state index in [2.05, 4.69) is 15.1 Å². The van der Waals surface area contributed by atoms with E-state index in [-0.39, 0.29) is 18.8 Å². The number of rotatable bonds is 5. The second-order valence-electron chi connectivity index (χ2n) is 4.65. The van der Waals surface area contributed by atoms with Gasteiger partial charge in [-0.1, -0.05) is 0 Å². The van der Waals surface area contributed by atoms with Crippen LogP contribution in [0.4, 0.5) is 0 Å². The predicted molar refractivity (Wildman–Crippen MR) is 81.5 cm³/mol. The molecule has 1 atom stereocenters. The minimum atomic E-state index is -1.05. The number of aliphatic hydroxyl groups is 1. The molecule has 0 bridgehead atoms. The molecule has 2 heterocycles. The zero-order valence-electron chi connectivity index (χ0n) is 13.4. The Hall–Kier alpha value is -3.01. The quantitative estimate of drug-likeness (QED) is 0.662. The molecule has 2 aromatic heterocycles. The number of aromatic nitrogens is 4. The molecule has 0 aliphatic heterocycles. The number of aryl methyl sites for hydroxylation is 1. The fourth-order valence-electron chi connectivity index (χ4n) is 1.86. The highest BCUT2D eigenvalue weighted by atomic mass is 16.5. The molecule has 0 aliphatic rings. The first kappa shape index (κ1) is 19.0. The number of carboxylic acids is 1. The molecule has 2 aromatic rings. The summed E-state index contributed by atoms with van der Waals surface area (Å²) < 4.78 is 6.45. The Labute approximate surface area is 137 Å². The van der Waals surface area contributed by atoms with E-state index in [9.17, 15) is 9.90 Å². The van der Waals surface area contributed by atoms with Gasteiger partial charge in [-0.2, -0.15) is 5.10 Å². The number of hydrogen-bond acceptors (Lipinski definition) is 7. The molecular formula is C14H18N4O6. The van der Waals surface area contributed by atoms with E-state index < -0.39 is 12.1 Å². The first-order valence-electron chi connectivity index (χ1n) is 6.77. The highest BCUT2D eigenvalue weighted by molar-refractivity contribution is 5.69. The maximum Gasteiger partial charge on any atom is 0.325 e. The zero-order valence-corrected chi connectivity index (χ0v) is 13.4. The van der Waals surface area contributed by atoms with Crippen molar-refractivity contribution < 1.29 is 29.6 Å². The zero-order chi connectivity index (χ0) is 18.3. The van der Waals surface area contributed by atoms with Crippen LogP contribution in [0.2, 0.25) is 0 Å². The molecule has 10 heteroatoms. The van der Waals surface area contributed by atoms with Crippen molar-refractivity contribution in [3.8, 4) is 17.1 Å². The van der Waals surface area contributed by atoms with Gasteiger partial charge in [0.25, 0.3) is 6.47 Å². The van der Waals surface area contributed by atoms with Crippen LogP contribution in [0, 0.1) is 6.92 Å². The van der Waals surface area contributed by atoms with E-state index in [0.29, 0.717) is 17.1 Å². The largest absolute Gasteiger partial charge is 0.494 e. The summed E-state index contributed by atoms with van der Waals surface area (Å²) >= 11 is 0. The highest BCUT2D eigenvalue weighted by Gasteiger charge is 2.20. The number of ether oxygens (including phenoxy) is 1. The minimum Gasteiger partial charge on any atom is -0.494 e. The number of methoxy groups -OCH3 is 1. The first-order valence-corrected chi connectivity index (χ1v) is 6.77. The number of aliphatic hydroxyl groups excluding tert-OH is 1. The SMILES string of the molecule is COc1cnc(C)cc1-c1nc(C(C)O)nn1CC(=O)O.O=CO. The molecule has 0 saturated carbocycles. The lowest BCUT2D eigenvalue weighted by Crippen LogP contribution is -2.12. The third-order valence-electron chi connectivity index (χ3n) is 2.81. The van der Waals surface area contributed by atoms with Crippen molar-refractivity contribution in [2.24, 2.45) is 0 Å². The summed E-state index contributed by atoms with van der Waals surface area (Å²) in [7, 11) is 1.49. The third kappa shape index (κ3) is 4.74. The lowest BCUT2D eigenvalue weighted by atomic mass is 10.2. The lowest BCUT2D eigenvalue weighted by Gasteiger charge is -2.08. The molecule has 130 valence electrons. The molecule has 24 heavy (non-hydrogen) atoms. The number of pyridine rings is 1. The number of aliphatic carboxylic acids is 1. The Morgan fingerprint density at radius 1 is 1.50 bits per heavy atom. The van der Waals surface area contributed by atoms with Crippen LogP contribution in [0.1, 0.15) is 24.5 Å². The summed E-state index contributed by atoms with van der Waals surface area (Å²) in [5.74, 6) is -0.127. The van der Waals surface area contributed by atoms with Gasteiger partial charge >= 0.3 is 5.97 Å². The average molecular weight is 338 g/mol. The Morgan fingerprint density at radius 3 is 2.62 bits per heavy atom. The Kier molecular flexibility index (Phi) is 6.80. The van der Waals surface area contributed by atoms with E-state index in [1.807, 2.05) is 0 Å². The summed E-state index contributed by atoms with van der Waals surface area (Å²) in [4.78, 5) is 27.7. The van der Waals surface area contributed by atoms with E-state index in [4.69, 9.17) is 19.7 Å². The van der Waals surface area contributed by atoms with Crippen LogP contribution in [0.5, 0.6) is 5.75 Å². The number of nitrogens with zero attached hydrogens (tertiary/aromatic N) is 4. The second kappa shape index (κ2) is 8.58. The normalized spacial score (nSPS) is 11.2. The molecule has 0 radical (unpaired) electrons. The van der Waals surface area contributed by atoms with Crippen LogP contribution in [0.25, 0.3) is 11.4 Å². The van der Waals surface area contributed by atoms with Gasteiger partial charge in [-0.15, -0.1) is 0 Å². The Bertz CT molecular complexity index is 713. The Balaban J connectivity index is 0.000000891. The summed E-state index contributed by atoms with van der Waals surface area (Å²) in [5.41, 5.74) is 1.31. The molecule has 3 N–H and O–H groups in total. The molecular weight excluding hydrogens is 320 g/mol. The molecule has 2 rings (SSSR count). The monoisotopic (exact) mass is 338 g/mol. The van der Waals surface area contributed by atoms with E-state index in [1.165, 1.54) is 24.9 Å². The van der Waals surface area contributed by atoms with Gasteiger partial charge < -0.3 is 20.1 Å². The maximum absolute atomic E-state index is 11.0. The second-order valence-corrected chi connectivity index (χ2v) is 4.65. The summed E-state index contributed by atoms with van der Waals surface area (Å²) in [5, 5.41) is 29.5. The van der Waals surface area contributed by atoms with Gasteiger partial charge in [0.1, 0.15) is 18.4 Å². The highest BCUT2D eigenvalue weighted by Crippen LogP contribution is 2.29. The van der Waals surface area contributed by atoms with Gasteiger partial charge in [0.2, 0.25) is 0 Å². The Morgan fingerprint density at radius 2 is 2.12 bits per heavy atom.